The third kappa shape index (κ3) is 3.58. The van der Waals surface area contributed by atoms with Gasteiger partial charge < -0.3 is 9.73 Å². The number of aryl methyl sites for hydroxylation is 1. The van der Waals surface area contributed by atoms with E-state index in [1.165, 1.54) is 17.4 Å². The Morgan fingerprint density at radius 1 is 1.30 bits per heavy atom. The van der Waals surface area contributed by atoms with Gasteiger partial charge in [-0.1, -0.05) is 39.0 Å². The van der Waals surface area contributed by atoms with Crippen molar-refractivity contribution < 1.29 is 4.42 Å². The Balaban J connectivity index is 2.20. The average Bonchev–Trinajstić information content (AvgIpc) is 2.88. The smallest absolute Gasteiger partial charge is 0.137 e. The van der Waals surface area contributed by atoms with Crippen molar-refractivity contribution >= 4 is 22.7 Å². The molecule has 0 bridgehead atoms. The second kappa shape index (κ2) is 7.19. The number of para-hydroxylation sites is 1. The summed E-state index contributed by atoms with van der Waals surface area (Å²) >= 11 is 2.01. The van der Waals surface area contributed by atoms with Crippen molar-refractivity contribution in [3.05, 3.63) is 35.6 Å². The quantitative estimate of drug-likeness (QED) is 0.783. The van der Waals surface area contributed by atoms with Crippen molar-refractivity contribution in [3.8, 4) is 0 Å². The van der Waals surface area contributed by atoms with Crippen LogP contribution >= 0.6 is 11.8 Å². The van der Waals surface area contributed by atoms with Gasteiger partial charge in [0.05, 0.1) is 6.04 Å². The van der Waals surface area contributed by atoms with Gasteiger partial charge in [-0.25, -0.2) is 0 Å². The SMILES string of the molecule is CCNC(CSC(C)CC)c1cc2cccc(C)c2o1. The van der Waals surface area contributed by atoms with Crippen LogP contribution in [0.1, 0.15) is 44.6 Å². The van der Waals surface area contributed by atoms with E-state index in [1.54, 1.807) is 0 Å². The molecule has 20 heavy (non-hydrogen) atoms. The van der Waals surface area contributed by atoms with Crippen molar-refractivity contribution in [1.82, 2.24) is 5.32 Å². The number of rotatable bonds is 7. The van der Waals surface area contributed by atoms with Gasteiger partial charge >= 0.3 is 0 Å². The second-order valence-corrected chi connectivity index (χ2v) is 6.78. The summed E-state index contributed by atoms with van der Waals surface area (Å²) < 4.78 is 6.10. The molecule has 0 fully saturated rings. The highest BCUT2D eigenvalue weighted by Crippen LogP contribution is 2.29. The van der Waals surface area contributed by atoms with Crippen LogP contribution in [0, 0.1) is 6.92 Å². The van der Waals surface area contributed by atoms with Gasteiger partial charge in [0.1, 0.15) is 11.3 Å². The van der Waals surface area contributed by atoms with Crippen molar-refractivity contribution in [1.29, 1.82) is 0 Å². The molecule has 110 valence electrons. The van der Waals surface area contributed by atoms with Crippen LogP contribution in [-0.4, -0.2) is 17.5 Å². The predicted octanol–water partition coefficient (Wildman–Crippen LogP) is 4.92. The average molecular weight is 291 g/mol. The zero-order valence-corrected chi connectivity index (χ0v) is 13.7. The van der Waals surface area contributed by atoms with Crippen LogP contribution in [0.3, 0.4) is 0 Å². The van der Waals surface area contributed by atoms with Crippen LogP contribution in [0.25, 0.3) is 11.0 Å². The monoisotopic (exact) mass is 291 g/mol. The predicted molar refractivity (Wildman–Crippen MR) is 89.6 cm³/mol. The molecule has 1 N–H and O–H groups in total. The Hall–Kier alpha value is -0.930. The van der Waals surface area contributed by atoms with Gasteiger partial charge in [-0.3, -0.25) is 0 Å². The maximum atomic E-state index is 6.10. The fourth-order valence-electron chi connectivity index (χ4n) is 2.27. The molecular formula is C17H25NOS. The van der Waals surface area contributed by atoms with Gasteiger partial charge in [-0.2, -0.15) is 11.8 Å². The van der Waals surface area contributed by atoms with E-state index in [0.29, 0.717) is 11.3 Å². The van der Waals surface area contributed by atoms with Gasteiger partial charge in [0.2, 0.25) is 0 Å². The van der Waals surface area contributed by atoms with E-state index < -0.39 is 0 Å². The minimum atomic E-state index is 0.297. The molecule has 0 radical (unpaired) electrons. The first-order chi connectivity index (χ1) is 9.65. The highest BCUT2D eigenvalue weighted by atomic mass is 32.2. The van der Waals surface area contributed by atoms with E-state index in [9.17, 15) is 0 Å². The first-order valence-electron chi connectivity index (χ1n) is 7.49. The lowest BCUT2D eigenvalue weighted by atomic mass is 10.1. The molecular weight excluding hydrogens is 266 g/mol. The third-order valence-corrected chi connectivity index (χ3v) is 5.10. The molecule has 0 saturated heterocycles. The van der Waals surface area contributed by atoms with E-state index in [4.69, 9.17) is 4.42 Å². The number of nitrogens with one attached hydrogen (secondary N) is 1. The molecule has 2 unspecified atom stereocenters. The molecule has 0 aliphatic heterocycles. The van der Waals surface area contributed by atoms with Crippen molar-refractivity contribution in [2.75, 3.05) is 12.3 Å². The number of furan rings is 1. The summed E-state index contributed by atoms with van der Waals surface area (Å²) in [6, 6.07) is 8.80. The number of hydrogen-bond donors (Lipinski definition) is 1. The molecule has 0 amide bonds. The minimum absolute atomic E-state index is 0.297. The summed E-state index contributed by atoms with van der Waals surface area (Å²) in [6.07, 6.45) is 1.21. The topological polar surface area (TPSA) is 25.2 Å². The van der Waals surface area contributed by atoms with E-state index in [0.717, 1.165) is 23.6 Å². The number of fused-ring (bicyclic) bond motifs is 1. The summed E-state index contributed by atoms with van der Waals surface area (Å²) in [5, 5.41) is 5.45. The summed E-state index contributed by atoms with van der Waals surface area (Å²) in [6.45, 7) is 9.74. The molecule has 1 aromatic heterocycles. The molecule has 2 atom stereocenters. The molecule has 0 spiro atoms. The molecule has 0 aliphatic carbocycles. The molecule has 3 heteroatoms. The Morgan fingerprint density at radius 2 is 2.10 bits per heavy atom. The van der Waals surface area contributed by atoms with Gasteiger partial charge in [0.15, 0.2) is 0 Å². The first kappa shape index (κ1) is 15.5. The fourth-order valence-corrected chi connectivity index (χ4v) is 3.31. The highest BCUT2D eigenvalue weighted by Gasteiger charge is 2.17. The standard InChI is InChI=1S/C17H25NOS/c1-5-13(4)20-11-15(18-6-2)16-10-14-9-7-8-12(3)17(14)19-16/h7-10,13,15,18H,5-6,11H2,1-4H3. The largest absolute Gasteiger partial charge is 0.459 e. The maximum Gasteiger partial charge on any atom is 0.137 e. The Kier molecular flexibility index (Phi) is 5.55. The second-order valence-electron chi connectivity index (χ2n) is 5.30. The van der Waals surface area contributed by atoms with Crippen LogP contribution in [0.5, 0.6) is 0 Å². The molecule has 0 aliphatic rings. The van der Waals surface area contributed by atoms with Crippen LogP contribution in [-0.2, 0) is 0 Å². The third-order valence-electron chi connectivity index (χ3n) is 3.68. The lowest BCUT2D eigenvalue weighted by Crippen LogP contribution is -2.23. The van der Waals surface area contributed by atoms with Gasteiger partial charge in [-0.05, 0) is 31.5 Å². The van der Waals surface area contributed by atoms with E-state index >= 15 is 0 Å². The molecule has 0 saturated carbocycles. The summed E-state index contributed by atoms with van der Waals surface area (Å²) in [4.78, 5) is 0. The summed E-state index contributed by atoms with van der Waals surface area (Å²) in [5.41, 5.74) is 2.23. The summed E-state index contributed by atoms with van der Waals surface area (Å²) in [7, 11) is 0. The molecule has 1 heterocycles. The normalized spacial score (nSPS) is 14.6. The van der Waals surface area contributed by atoms with Crippen molar-refractivity contribution in [2.24, 2.45) is 0 Å². The Labute approximate surface area is 126 Å². The van der Waals surface area contributed by atoms with Gasteiger partial charge in [0.25, 0.3) is 0 Å². The Bertz CT molecular complexity index is 549. The fraction of sp³-hybridized carbons (Fsp3) is 0.529. The van der Waals surface area contributed by atoms with E-state index in [-0.39, 0.29) is 0 Å². The number of benzene rings is 1. The summed E-state index contributed by atoms with van der Waals surface area (Å²) in [5.74, 6) is 2.12. The lowest BCUT2D eigenvalue weighted by Gasteiger charge is -2.17. The lowest BCUT2D eigenvalue weighted by molar-refractivity contribution is 0.462. The van der Waals surface area contributed by atoms with E-state index in [1.807, 2.05) is 11.8 Å². The molecule has 2 rings (SSSR count). The van der Waals surface area contributed by atoms with Crippen LogP contribution in [0.15, 0.2) is 28.7 Å². The minimum Gasteiger partial charge on any atom is -0.459 e. The number of thioether (sulfide) groups is 1. The van der Waals surface area contributed by atoms with Crippen molar-refractivity contribution in [2.45, 2.75) is 45.4 Å². The highest BCUT2D eigenvalue weighted by molar-refractivity contribution is 7.99. The molecule has 1 aromatic carbocycles. The van der Waals surface area contributed by atoms with Crippen LogP contribution in [0.4, 0.5) is 0 Å². The molecule has 2 aromatic rings. The number of hydrogen-bond acceptors (Lipinski definition) is 3. The maximum absolute atomic E-state index is 6.10. The zero-order chi connectivity index (χ0) is 14.5. The van der Waals surface area contributed by atoms with Gasteiger partial charge in [-0.15, -0.1) is 0 Å². The van der Waals surface area contributed by atoms with Crippen LogP contribution < -0.4 is 5.32 Å². The van der Waals surface area contributed by atoms with Gasteiger partial charge in [0, 0.05) is 16.4 Å². The first-order valence-corrected chi connectivity index (χ1v) is 8.54. The Morgan fingerprint density at radius 3 is 2.75 bits per heavy atom. The zero-order valence-electron chi connectivity index (χ0n) is 12.9. The van der Waals surface area contributed by atoms with Crippen molar-refractivity contribution in [3.63, 3.8) is 0 Å². The van der Waals surface area contributed by atoms with E-state index in [2.05, 4.69) is 57.3 Å². The van der Waals surface area contributed by atoms with Crippen LogP contribution in [0.2, 0.25) is 0 Å². The molecule has 2 nitrogen and oxygen atoms in total.